The molecule has 0 saturated carbocycles. The van der Waals surface area contributed by atoms with Crippen molar-refractivity contribution < 1.29 is 0 Å². The van der Waals surface area contributed by atoms with Crippen molar-refractivity contribution in [3.63, 3.8) is 0 Å². The molecule has 2 heterocycles. The Morgan fingerprint density at radius 3 is 2.00 bits per heavy atom. The third kappa shape index (κ3) is 1.79. The highest BCUT2D eigenvalue weighted by molar-refractivity contribution is 5.62. The zero-order chi connectivity index (χ0) is 12.7. The number of nitrogens with two attached hydrogens (primary N) is 2. The minimum absolute atomic E-state index is 0.223. The van der Waals surface area contributed by atoms with E-state index >= 15 is 0 Å². The van der Waals surface area contributed by atoms with Crippen LogP contribution in [0.3, 0.4) is 0 Å². The van der Waals surface area contributed by atoms with Crippen LogP contribution in [-0.4, -0.2) is 19.6 Å². The number of aromatic nitrogens is 4. The van der Waals surface area contributed by atoms with Gasteiger partial charge in [-0.15, -0.1) is 5.10 Å². The van der Waals surface area contributed by atoms with Gasteiger partial charge in [-0.1, -0.05) is 27.7 Å². The smallest absolute Gasteiger partial charge is 0.238 e. The van der Waals surface area contributed by atoms with Gasteiger partial charge in [-0.3, -0.25) is 0 Å². The number of imidazole rings is 1. The fraction of sp³-hybridized carbons (Fsp3) is 0.545. The lowest BCUT2D eigenvalue weighted by Crippen LogP contribution is -2.09. The van der Waals surface area contributed by atoms with E-state index in [0.717, 1.165) is 16.9 Å². The molecule has 0 amide bonds. The van der Waals surface area contributed by atoms with Crippen molar-refractivity contribution in [2.75, 3.05) is 11.5 Å². The second-order valence-electron chi connectivity index (χ2n) is 4.78. The van der Waals surface area contributed by atoms with Crippen molar-refractivity contribution in [3.8, 4) is 0 Å². The van der Waals surface area contributed by atoms with Crippen LogP contribution in [0.4, 0.5) is 11.9 Å². The van der Waals surface area contributed by atoms with E-state index < -0.39 is 0 Å². The van der Waals surface area contributed by atoms with Crippen LogP contribution in [0.1, 0.15) is 50.9 Å². The Bertz CT molecular complexity index is 555. The summed E-state index contributed by atoms with van der Waals surface area (Å²) in [6.07, 6.45) is 0. The molecule has 0 saturated heterocycles. The molecular weight excluding hydrogens is 216 g/mol. The van der Waals surface area contributed by atoms with Gasteiger partial charge in [0.2, 0.25) is 11.9 Å². The largest absolute Gasteiger partial charge is 0.368 e. The molecule has 0 radical (unpaired) electrons. The number of hydrogen-bond acceptors (Lipinski definition) is 5. The standard InChI is InChI=1S/C11H18N6/c1-5(2)7-9-8(6(3)4)15-11(13)17(9)16-10(12)14-7/h5-6H,1-4H3,(H2,12,16)(H2,13,15). The van der Waals surface area contributed by atoms with Crippen LogP contribution in [0.15, 0.2) is 0 Å². The summed E-state index contributed by atoms with van der Waals surface area (Å²) in [6.45, 7) is 8.27. The first-order valence-corrected chi connectivity index (χ1v) is 5.73. The average molecular weight is 234 g/mol. The van der Waals surface area contributed by atoms with Gasteiger partial charge >= 0.3 is 0 Å². The maximum atomic E-state index is 5.86. The molecular formula is C11H18N6. The highest BCUT2D eigenvalue weighted by atomic mass is 15.3. The van der Waals surface area contributed by atoms with Crippen LogP contribution in [0.5, 0.6) is 0 Å². The third-order valence-corrected chi connectivity index (χ3v) is 2.68. The predicted molar refractivity (Wildman–Crippen MR) is 67.8 cm³/mol. The molecule has 0 atom stereocenters. The summed E-state index contributed by atoms with van der Waals surface area (Å²) in [7, 11) is 0. The number of anilines is 2. The van der Waals surface area contributed by atoms with Gasteiger partial charge in [-0.05, 0) is 11.8 Å². The molecule has 0 bridgehead atoms. The van der Waals surface area contributed by atoms with Gasteiger partial charge in [0.25, 0.3) is 0 Å². The third-order valence-electron chi connectivity index (χ3n) is 2.68. The van der Waals surface area contributed by atoms with Crippen molar-refractivity contribution in [2.45, 2.75) is 39.5 Å². The number of hydrogen-bond donors (Lipinski definition) is 2. The predicted octanol–water partition coefficient (Wildman–Crippen LogP) is 1.54. The number of nitrogen functional groups attached to an aromatic ring is 2. The summed E-state index contributed by atoms with van der Waals surface area (Å²) in [6, 6.07) is 0. The molecule has 0 aliphatic rings. The summed E-state index contributed by atoms with van der Waals surface area (Å²) in [5.74, 6) is 1.10. The van der Waals surface area contributed by atoms with E-state index in [0.29, 0.717) is 5.95 Å². The molecule has 0 aliphatic carbocycles. The second-order valence-corrected chi connectivity index (χ2v) is 4.78. The molecule has 2 rings (SSSR count). The molecule has 0 fully saturated rings. The van der Waals surface area contributed by atoms with Gasteiger partial charge in [-0.2, -0.15) is 4.52 Å². The van der Waals surface area contributed by atoms with Crippen molar-refractivity contribution in [1.82, 2.24) is 19.6 Å². The van der Waals surface area contributed by atoms with Gasteiger partial charge < -0.3 is 11.5 Å². The van der Waals surface area contributed by atoms with E-state index in [1.807, 2.05) is 0 Å². The molecule has 6 nitrogen and oxygen atoms in total. The van der Waals surface area contributed by atoms with E-state index in [-0.39, 0.29) is 17.8 Å². The quantitative estimate of drug-likeness (QED) is 0.821. The van der Waals surface area contributed by atoms with E-state index in [9.17, 15) is 0 Å². The van der Waals surface area contributed by atoms with Gasteiger partial charge in [0.1, 0.15) is 5.52 Å². The van der Waals surface area contributed by atoms with Crippen LogP contribution < -0.4 is 11.5 Å². The summed E-state index contributed by atoms with van der Waals surface area (Å²) < 4.78 is 1.59. The van der Waals surface area contributed by atoms with E-state index in [2.05, 4.69) is 42.8 Å². The average Bonchev–Trinajstić information content (AvgIpc) is 2.55. The molecule has 92 valence electrons. The first kappa shape index (κ1) is 11.6. The molecule has 0 unspecified atom stereocenters. The first-order valence-electron chi connectivity index (χ1n) is 5.73. The molecule has 4 N–H and O–H groups in total. The molecule has 0 aliphatic heterocycles. The summed E-state index contributed by atoms with van der Waals surface area (Å²) >= 11 is 0. The molecule has 6 heteroatoms. The monoisotopic (exact) mass is 234 g/mol. The van der Waals surface area contributed by atoms with Gasteiger partial charge in [-0.25, -0.2) is 9.97 Å². The summed E-state index contributed by atoms with van der Waals surface area (Å²) in [5.41, 5.74) is 14.3. The van der Waals surface area contributed by atoms with Gasteiger partial charge in [0.15, 0.2) is 0 Å². The van der Waals surface area contributed by atoms with Gasteiger partial charge in [0, 0.05) is 0 Å². The van der Waals surface area contributed by atoms with Crippen molar-refractivity contribution >= 4 is 17.4 Å². The first-order chi connectivity index (χ1) is 7.91. The molecule has 0 aromatic carbocycles. The fourth-order valence-corrected chi connectivity index (χ4v) is 1.89. The van der Waals surface area contributed by atoms with Crippen LogP contribution in [0.25, 0.3) is 5.52 Å². The van der Waals surface area contributed by atoms with Gasteiger partial charge in [0.05, 0.1) is 11.4 Å². The number of rotatable bonds is 2. The SMILES string of the molecule is CC(C)c1nc(N)nn2c(N)nc(C(C)C)c12. The highest BCUT2D eigenvalue weighted by Crippen LogP contribution is 2.27. The Morgan fingerprint density at radius 2 is 1.47 bits per heavy atom. The fourth-order valence-electron chi connectivity index (χ4n) is 1.89. The van der Waals surface area contributed by atoms with Crippen molar-refractivity contribution in [2.24, 2.45) is 0 Å². The summed E-state index contributed by atoms with van der Waals surface area (Å²) in [5, 5.41) is 4.12. The lowest BCUT2D eigenvalue weighted by atomic mass is 10.0. The molecule has 17 heavy (non-hydrogen) atoms. The second kappa shape index (κ2) is 3.87. The number of nitrogens with zero attached hydrogens (tertiary/aromatic N) is 4. The van der Waals surface area contributed by atoms with Crippen molar-refractivity contribution in [1.29, 1.82) is 0 Å². The Labute approximate surface area is 100 Å². The Kier molecular flexibility index (Phi) is 2.65. The highest BCUT2D eigenvalue weighted by Gasteiger charge is 2.20. The van der Waals surface area contributed by atoms with Crippen LogP contribution in [0, 0.1) is 0 Å². The Morgan fingerprint density at radius 1 is 0.941 bits per heavy atom. The van der Waals surface area contributed by atoms with Crippen LogP contribution in [0.2, 0.25) is 0 Å². The van der Waals surface area contributed by atoms with Crippen LogP contribution in [-0.2, 0) is 0 Å². The lowest BCUT2D eigenvalue weighted by Gasteiger charge is -2.10. The Hall–Kier alpha value is -1.85. The maximum absolute atomic E-state index is 5.86. The number of fused-ring (bicyclic) bond motifs is 1. The molecule has 2 aromatic rings. The lowest BCUT2D eigenvalue weighted by molar-refractivity contribution is 0.785. The normalized spacial score (nSPS) is 11.9. The summed E-state index contributed by atoms with van der Waals surface area (Å²) in [4.78, 5) is 8.66. The van der Waals surface area contributed by atoms with E-state index in [4.69, 9.17) is 11.5 Å². The van der Waals surface area contributed by atoms with Crippen LogP contribution >= 0.6 is 0 Å². The zero-order valence-electron chi connectivity index (χ0n) is 10.6. The maximum Gasteiger partial charge on any atom is 0.238 e. The molecule has 2 aromatic heterocycles. The minimum Gasteiger partial charge on any atom is -0.368 e. The Balaban J connectivity index is 2.88. The van der Waals surface area contributed by atoms with Crippen molar-refractivity contribution in [3.05, 3.63) is 11.4 Å². The van der Waals surface area contributed by atoms with E-state index in [1.165, 1.54) is 0 Å². The zero-order valence-corrected chi connectivity index (χ0v) is 10.6. The topological polar surface area (TPSA) is 95.1 Å². The molecule has 0 spiro atoms. The van der Waals surface area contributed by atoms with E-state index in [1.54, 1.807) is 4.52 Å². The minimum atomic E-state index is 0.223.